The monoisotopic (exact) mass is 308 g/mol. The number of hydrogen-bond donors (Lipinski definition) is 1. The fourth-order valence-electron chi connectivity index (χ4n) is 2.90. The fraction of sp³-hybridized carbons (Fsp3) is 0.812. The van der Waals surface area contributed by atoms with Crippen molar-refractivity contribution in [1.29, 1.82) is 0 Å². The molecule has 1 amide bonds. The van der Waals surface area contributed by atoms with Crippen molar-refractivity contribution < 1.29 is 9.32 Å². The highest BCUT2D eigenvalue weighted by molar-refractivity contribution is 5.82. The van der Waals surface area contributed by atoms with E-state index in [0.29, 0.717) is 18.9 Å². The number of hydrogen-bond acceptors (Lipinski definition) is 5. The molecule has 1 aromatic heterocycles. The van der Waals surface area contributed by atoms with E-state index >= 15 is 0 Å². The Morgan fingerprint density at radius 1 is 1.50 bits per heavy atom. The van der Waals surface area contributed by atoms with Crippen LogP contribution >= 0.6 is 0 Å². The Balaban J connectivity index is 1.81. The smallest absolute Gasteiger partial charge is 0.228 e. The van der Waals surface area contributed by atoms with E-state index in [1.54, 1.807) is 0 Å². The van der Waals surface area contributed by atoms with Crippen LogP contribution in [-0.2, 0) is 11.2 Å². The standard InChI is InChI=1S/C16H28N4O2/c1-5-20-10-6-8-16(4,11-20)15(21)17-9-7-13-18-14(12(2)3)19-22-13/h12H,5-11H2,1-4H3,(H,17,21)/t16-/m1/s1. The topological polar surface area (TPSA) is 71.3 Å². The third-order valence-corrected chi connectivity index (χ3v) is 4.40. The summed E-state index contributed by atoms with van der Waals surface area (Å²) in [5, 5.41) is 6.96. The molecule has 0 bridgehead atoms. The minimum absolute atomic E-state index is 0.134. The Morgan fingerprint density at radius 3 is 2.91 bits per heavy atom. The molecule has 1 saturated heterocycles. The average Bonchev–Trinajstić information content (AvgIpc) is 2.96. The lowest BCUT2D eigenvalue weighted by molar-refractivity contribution is -0.133. The van der Waals surface area contributed by atoms with Crippen LogP contribution in [0.25, 0.3) is 0 Å². The Morgan fingerprint density at radius 2 is 2.27 bits per heavy atom. The van der Waals surface area contributed by atoms with Gasteiger partial charge in [-0.15, -0.1) is 0 Å². The number of likely N-dealkylation sites (tertiary alicyclic amines) is 1. The van der Waals surface area contributed by atoms with Crippen molar-refractivity contribution in [3.8, 4) is 0 Å². The average molecular weight is 308 g/mol. The Labute approximate surface area is 132 Å². The maximum Gasteiger partial charge on any atom is 0.228 e. The molecule has 2 heterocycles. The number of nitrogens with one attached hydrogen (secondary N) is 1. The van der Waals surface area contributed by atoms with Gasteiger partial charge in [0.15, 0.2) is 5.82 Å². The molecule has 1 aliphatic heterocycles. The zero-order valence-electron chi connectivity index (χ0n) is 14.2. The van der Waals surface area contributed by atoms with Crippen molar-refractivity contribution in [2.45, 2.75) is 52.9 Å². The van der Waals surface area contributed by atoms with Crippen molar-refractivity contribution in [3.63, 3.8) is 0 Å². The summed E-state index contributed by atoms with van der Waals surface area (Å²) in [4.78, 5) is 19.1. The van der Waals surface area contributed by atoms with E-state index in [-0.39, 0.29) is 17.2 Å². The van der Waals surface area contributed by atoms with Crippen LogP contribution in [0.4, 0.5) is 0 Å². The van der Waals surface area contributed by atoms with Crippen LogP contribution in [0, 0.1) is 5.41 Å². The van der Waals surface area contributed by atoms with Gasteiger partial charge in [0.25, 0.3) is 0 Å². The number of nitrogens with zero attached hydrogens (tertiary/aromatic N) is 3. The van der Waals surface area contributed by atoms with Gasteiger partial charge in [-0.2, -0.15) is 4.98 Å². The largest absolute Gasteiger partial charge is 0.355 e. The summed E-state index contributed by atoms with van der Waals surface area (Å²) in [7, 11) is 0. The molecular formula is C16H28N4O2. The van der Waals surface area contributed by atoms with E-state index in [0.717, 1.165) is 38.3 Å². The van der Waals surface area contributed by atoms with E-state index in [1.165, 1.54) is 0 Å². The van der Waals surface area contributed by atoms with Crippen molar-refractivity contribution in [2.75, 3.05) is 26.2 Å². The lowest BCUT2D eigenvalue weighted by atomic mass is 9.81. The predicted octanol–water partition coefficient (Wildman–Crippen LogP) is 1.97. The maximum atomic E-state index is 12.5. The number of aromatic nitrogens is 2. The van der Waals surface area contributed by atoms with Gasteiger partial charge in [-0.25, -0.2) is 0 Å². The van der Waals surface area contributed by atoms with Crippen molar-refractivity contribution in [1.82, 2.24) is 20.4 Å². The van der Waals surface area contributed by atoms with Gasteiger partial charge in [-0.05, 0) is 32.9 Å². The van der Waals surface area contributed by atoms with Gasteiger partial charge >= 0.3 is 0 Å². The van der Waals surface area contributed by atoms with E-state index in [1.807, 2.05) is 13.8 Å². The normalized spacial score (nSPS) is 23.0. The second-order valence-electron chi connectivity index (χ2n) is 6.74. The van der Waals surface area contributed by atoms with E-state index in [9.17, 15) is 4.79 Å². The van der Waals surface area contributed by atoms with Gasteiger partial charge in [0.1, 0.15) is 0 Å². The van der Waals surface area contributed by atoms with Gasteiger partial charge < -0.3 is 14.7 Å². The molecule has 0 unspecified atom stereocenters. The molecule has 1 fully saturated rings. The summed E-state index contributed by atoms with van der Waals surface area (Å²) in [5.41, 5.74) is -0.286. The zero-order valence-corrected chi connectivity index (χ0v) is 14.2. The Bertz CT molecular complexity index is 500. The van der Waals surface area contributed by atoms with Crippen LogP contribution in [0.5, 0.6) is 0 Å². The predicted molar refractivity (Wildman–Crippen MR) is 84.6 cm³/mol. The molecule has 22 heavy (non-hydrogen) atoms. The fourth-order valence-corrected chi connectivity index (χ4v) is 2.90. The summed E-state index contributed by atoms with van der Waals surface area (Å²) >= 11 is 0. The molecule has 6 nitrogen and oxygen atoms in total. The SMILES string of the molecule is CCN1CCC[C@@](C)(C(=O)NCCc2nc(C(C)C)no2)C1. The van der Waals surface area contributed by atoms with Gasteiger partial charge in [-0.3, -0.25) is 4.79 Å². The molecule has 1 aromatic rings. The summed E-state index contributed by atoms with van der Waals surface area (Å²) in [6.07, 6.45) is 2.62. The van der Waals surface area contributed by atoms with Crippen LogP contribution in [-0.4, -0.2) is 47.1 Å². The number of rotatable bonds is 6. The Hall–Kier alpha value is -1.43. The molecule has 0 aromatic carbocycles. The van der Waals surface area contributed by atoms with Crippen molar-refractivity contribution >= 4 is 5.91 Å². The maximum absolute atomic E-state index is 12.5. The summed E-state index contributed by atoms with van der Waals surface area (Å²) in [6.45, 7) is 11.7. The molecule has 6 heteroatoms. The van der Waals surface area contributed by atoms with Gasteiger partial charge in [-0.1, -0.05) is 25.9 Å². The number of piperidine rings is 1. The second-order valence-corrected chi connectivity index (χ2v) is 6.74. The summed E-state index contributed by atoms with van der Waals surface area (Å²) < 4.78 is 5.19. The first-order valence-electron chi connectivity index (χ1n) is 8.28. The molecule has 1 aliphatic rings. The van der Waals surface area contributed by atoms with Crippen LogP contribution in [0.1, 0.15) is 58.2 Å². The molecule has 0 spiro atoms. The van der Waals surface area contributed by atoms with Gasteiger partial charge in [0, 0.05) is 25.4 Å². The molecule has 2 rings (SSSR count). The van der Waals surface area contributed by atoms with Gasteiger partial charge in [0.05, 0.1) is 5.41 Å². The zero-order chi connectivity index (χ0) is 16.2. The molecule has 0 aliphatic carbocycles. The van der Waals surface area contributed by atoms with Crippen molar-refractivity contribution in [2.24, 2.45) is 5.41 Å². The number of carbonyl (C=O) groups is 1. The number of carbonyl (C=O) groups excluding carboxylic acids is 1. The van der Waals surface area contributed by atoms with Crippen molar-refractivity contribution in [3.05, 3.63) is 11.7 Å². The lowest BCUT2D eigenvalue weighted by Gasteiger charge is -2.38. The first kappa shape index (κ1) is 16.9. The quantitative estimate of drug-likeness (QED) is 0.870. The highest BCUT2D eigenvalue weighted by atomic mass is 16.5. The highest BCUT2D eigenvalue weighted by Gasteiger charge is 2.37. The third kappa shape index (κ3) is 4.06. The van der Waals surface area contributed by atoms with Crippen LogP contribution < -0.4 is 5.32 Å². The second kappa shape index (κ2) is 7.22. The molecule has 1 atom stereocenters. The minimum atomic E-state index is -0.286. The van der Waals surface area contributed by atoms with Gasteiger partial charge in [0.2, 0.25) is 11.8 Å². The molecule has 124 valence electrons. The van der Waals surface area contributed by atoms with Crippen LogP contribution in [0.2, 0.25) is 0 Å². The first-order chi connectivity index (χ1) is 10.4. The van der Waals surface area contributed by atoms with E-state index in [2.05, 4.69) is 34.2 Å². The van der Waals surface area contributed by atoms with Crippen LogP contribution in [0.15, 0.2) is 4.52 Å². The molecule has 0 saturated carbocycles. The third-order valence-electron chi connectivity index (χ3n) is 4.40. The molecule has 1 N–H and O–H groups in total. The minimum Gasteiger partial charge on any atom is -0.355 e. The summed E-state index contributed by atoms with van der Waals surface area (Å²) in [5.74, 6) is 1.70. The Kier molecular flexibility index (Phi) is 5.56. The highest BCUT2D eigenvalue weighted by Crippen LogP contribution is 2.29. The van der Waals surface area contributed by atoms with E-state index < -0.39 is 0 Å². The first-order valence-corrected chi connectivity index (χ1v) is 8.28. The lowest BCUT2D eigenvalue weighted by Crippen LogP contribution is -2.50. The van der Waals surface area contributed by atoms with E-state index in [4.69, 9.17) is 4.52 Å². The van der Waals surface area contributed by atoms with Crippen LogP contribution in [0.3, 0.4) is 0 Å². The molecular weight excluding hydrogens is 280 g/mol. The number of amides is 1. The summed E-state index contributed by atoms with van der Waals surface area (Å²) in [6, 6.07) is 0. The molecule has 0 radical (unpaired) electrons.